The van der Waals surface area contributed by atoms with Crippen LogP contribution in [0.4, 0.5) is 0 Å². The van der Waals surface area contributed by atoms with E-state index in [0.29, 0.717) is 19.6 Å². The summed E-state index contributed by atoms with van der Waals surface area (Å²) in [7, 11) is -3.45. The van der Waals surface area contributed by atoms with E-state index in [1.165, 1.54) is 5.56 Å². The van der Waals surface area contributed by atoms with E-state index in [-0.39, 0.29) is 18.2 Å². The second-order valence-electron chi connectivity index (χ2n) is 6.76. The molecule has 0 bridgehead atoms. The maximum atomic E-state index is 13.1. The molecule has 3 unspecified atom stereocenters. The molecule has 5 nitrogen and oxygen atoms in total. The zero-order valence-corrected chi connectivity index (χ0v) is 14.9. The Balaban J connectivity index is 1.84. The van der Waals surface area contributed by atoms with Crippen LogP contribution in [0.15, 0.2) is 24.3 Å². The van der Waals surface area contributed by atoms with E-state index in [2.05, 4.69) is 24.3 Å². The number of aryl methyl sites for hydroxylation is 1. The summed E-state index contributed by atoms with van der Waals surface area (Å²) < 4.78 is 35.2. The van der Waals surface area contributed by atoms with Gasteiger partial charge >= 0.3 is 0 Å². The second-order valence-corrected chi connectivity index (χ2v) is 8.64. The molecule has 2 aliphatic heterocycles. The van der Waals surface area contributed by atoms with Gasteiger partial charge in [0, 0.05) is 19.6 Å². The number of hydrogen-bond donors (Lipinski definition) is 0. The molecule has 23 heavy (non-hydrogen) atoms. The van der Waals surface area contributed by atoms with E-state index in [4.69, 9.17) is 4.74 Å². The van der Waals surface area contributed by atoms with Crippen molar-refractivity contribution in [3.8, 4) is 0 Å². The zero-order chi connectivity index (χ0) is 16.6. The van der Waals surface area contributed by atoms with Gasteiger partial charge in [-0.25, -0.2) is 0 Å². The van der Waals surface area contributed by atoms with Crippen molar-refractivity contribution in [1.29, 1.82) is 0 Å². The fraction of sp³-hybridized carbons (Fsp3) is 0.647. The SMILES string of the molecule is Cc1ccc(C2CCCN2S(=O)(=O)N2CC(C)OC(C)C2)cc1. The molecule has 2 heterocycles. The van der Waals surface area contributed by atoms with Crippen LogP contribution in [-0.2, 0) is 14.9 Å². The molecule has 0 aliphatic carbocycles. The summed E-state index contributed by atoms with van der Waals surface area (Å²) in [5, 5.41) is 0. The van der Waals surface area contributed by atoms with Crippen molar-refractivity contribution >= 4 is 10.2 Å². The van der Waals surface area contributed by atoms with Gasteiger partial charge in [-0.05, 0) is 39.2 Å². The van der Waals surface area contributed by atoms with Crippen LogP contribution in [-0.4, -0.2) is 48.9 Å². The van der Waals surface area contributed by atoms with Crippen molar-refractivity contribution in [2.45, 2.75) is 51.9 Å². The van der Waals surface area contributed by atoms with Gasteiger partial charge in [-0.3, -0.25) is 0 Å². The molecule has 128 valence electrons. The molecule has 1 aromatic rings. The molecule has 0 saturated carbocycles. The molecule has 2 fully saturated rings. The number of rotatable bonds is 3. The standard InChI is InChI=1S/C17H26N2O3S/c1-13-6-8-16(9-7-13)17-5-4-10-19(17)23(20,21)18-11-14(2)22-15(3)12-18/h6-9,14-15,17H,4-5,10-12H2,1-3H3. The van der Waals surface area contributed by atoms with Crippen LogP contribution in [0.3, 0.4) is 0 Å². The van der Waals surface area contributed by atoms with Crippen LogP contribution < -0.4 is 0 Å². The van der Waals surface area contributed by atoms with E-state index in [1.807, 2.05) is 20.8 Å². The van der Waals surface area contributed by atoms with Gasteiger partial charge in [0.1, 0.15) is 0 Å². The lowest BCUT2D eigenvalue weighted by atomic mass is 10.0. The van der Waals surface area contributed by atoms with E-state index >= 15 is 0 Å². The van der Waals surface area contributed by atoms with Gasteiger partial charge in [0.05, 0.1) is 18.2 Å². The van der Waals surface area contributed by atoms with Gasteiger partial charge in [-0.2, -0.15) is 17.0 Å². The summed E-state index contributed by atoms with van der Waals surface area (Å²) in [6, 6.07) is 8.17. The first-order chi connectivity index (χ1) is 10.9. The lowest BCUT2D eigenvalue weighted by molar-refractivity contribution is -0.0455. The fourth-order valence-corrected chi connectivity index (χ4v) is 5.61. The Morgan fingerprint density at radius 3 is 2.30 bits per heavy atom. The fourth-order valence-electron chi connectivity index (χ4n) is 3.61. The molecule has 2 aliphatic rings. The van der Waals surface area contributed by atoms with Crippen LogP contribution in [0.2, 0.25) is 0 Å². The summed E-state index contributed by atoms with van der Waals surface area (Å²) in [4.78, 5) is 0. The summed E-state index contributed by atoms with van der Waals surface area (Å²) in [5.41, 5.74) is 2.28. The van der Waals surface area contributed by atoms with Gasteiger partial charge in [0.2, 0.25) is 0 Å². The van der Waals surface area contributed by atoms with Crippen LogP contribution in [0.5, 0.6) is 0 Å². The molecule has 0 amide bonds. The number of benzene rings is 1. The van der Waals surface area contributed by atoms with Crippen molar-refractivity contribution in [1.82, 2.24) is 8.61 Å². The molecule has 3 atom stereocenters. The molecule has 2 saturated heterocycles. The lowest BCUT2D eigenvalue weighted by Gasteiger charge is -2.38. The van der Waals surface area contributed by atoms with Crippen LogP contribution in [0, 0.1) is 6.92 Å². The van der Waals surface area contributed by atoms with E-state index < -0.39 is 10.2 Å². The van der Waals surface area contributed by atoms with Gasteiger partial charge in [0.15, 0.2) is 0 Å². The maximum Gasteiger partial charge on any atom is 0.282 e. The first-order valence-corrected chi connectivity index (χ1v) is 9.76. The first kappa shape index (κ1) is 16.9. The molecule has 1 aromatic carbocycles. The highest BCUT2D eigenvalue weighted by atomic mass is 32.2. The Hall–Kier alpha value is -0.950. The van der Waals surface area contributed by atoms with Gasteiger partial charge in [-0.15, -0.1) is 0 Å². The normalized spacial score (nSPS) is 30.7. The highest BCUT2D eigenvalue weighted by Gasteiger charge is 2.41. The quantitative estimate of drug-likeness (QED) is 0.851. The Morgan fingerprint density at radius 2 is 1.70 bits per heavy atom. The Labute approximate surface area is 139 Å². The summed E-state index contributed by atoms with van der Waals surface area (Å²) in [6.07, 6.45) is 1.67. The number of hydrogen-bond acceptors (Lipinski definition) is 3. The van der Waals surface area contributed by atoms with Crippen molar-refractivity contribution < 1.29 is 13.2 Å². The Bertz CT molecular complexity index is 634. The lowest BCUT2D eigenvalue weighted by Crippen LogP contribution is -2.52. The summed E-state index contributed by atoms with van der Waals surface area (Å²) in [6.45, 7) is 7.37. The molecular formula is C17H26N2O3S. The van der Waals surface area contributed by atoms with E-state index in [1.54, 1.807) is 8.61 Å². The predicted octanol–water partition coefficient (Wildman–Crippen LogP) is 2.49. The highest BCUT2D eigenvalue weighted by molar-refractivity contribution is 7.86. The third-order valence-electron chi connectivity index (χ3n) is 4.67. The average Bonchev–Trinajstić information content (AvgIpc) is 2.97. The third kappa shape index (κ3) is 3.45. The van der Waals surface area contributed by atoms with Crippen LogP contribution in [0.1, 0.15) is 43.9 Å². The molecule has 3 rings (SSSR count). The van der Waals surface area contributed by atoms with Gasteiger partial charge in [-0.1, -0.05) is 29.8 Å². The number of morpholine rings is 1. The maximum absolute atomic E-state index is 13.1. The van der Waals surface area contributed by atoms with Gasteiger partial charge < -0.3 is 4.74 Å². The minimum absolute atomic E-state index is 0.0472. The molecule has 0 radical (unpaired) electrons. The van der Waals surface area contributed by atoms with Gasteiger partial charge in [0.25, 0.3) is 10.2 Å². The highest BCUT2D eigenvalue weighted by Crippen LogP contribution is 2.36. The zero-order valence-electron chi connectivity index (χ0n) is 14.1. The van der Waals surface area contributed by atoms with Crippen LogP contribution in [0.25, 0.3) is 0 Å². The van der Waals surface area contributed by atoms with E-state index in [9.17, 15) is 8.42 Å². The summed E-state index contributed by atoms with van der Waals surface area (Å²) in [5.74, 6) is 0. The molecule has 6 heteroatoms. The topological polar surface area (TPSA) is 49.9 Å². The largest absolute Gasteiger partial charge is 0.373 e. The molecule has 0 aromatic heterocycles. The van der Waals surface area contributed by atoms with Crippen molar-refractivity contribution in [2.75, 3.05) is 19.6 Å². The Morgan fingerprint density at radius 1 is 1.09 bits per heavy atom. The summed E-state index contributed by atoms with van der Waals surface area (Å²) >= 11 is 0. The number of ether oxygens (including phenoxy) is 1. The predicted molar refractivity (Wildman–Crippen MR) is 90.4 cm³/mol. The number of nitrogens with zero attached hydrogens (tertiary/aromatic N) is 2. The average molecular weight is 338 g/mol. The van der Waals surface area contributed by atoms with Crippen molar-refractivity contribution in [3.05, 3.63) is 35.4 Å². The molecule has 0 spiro atoms. The van der Waals surface area contributed by atoms with E-state index in [0.717, 1.165) is 18.4 Å². The van der Waals surface area contributed by atoms with Crippen molar-refractivity contribution in [3.63, 3.8) is 0 Å². The first-order valence-electron chi connectivity index (χ1n) is 8.37. The van der Waals surface area contributed by atoms with Crippen molar-refractivity contribution in [2.24, 2.45) is 0 Å². The van der Waals surface area contributed by atoms with Crippen LogP contribution >= 0.6 is 0 Å². The molecular weight excluding hydrogens is 312 g/mol. The minimum atomic E-state index is -3.45. The molecule has 0 N–H and O–H groups in total. The second kappa shape index (κ2) is 6.51. The monoisotopic (exact) mass is 338 g/mol. The smallest absolute Gasteiger partial charge is 0.282 e. The third-order valence-corrected chi connectivity index (χ3v) is 6.66. The Kier molecular flexibility index (Phi) is 4.78. The minimum Gasteiger partial charge on any atom is -0.373 e.